The van der Waals surface area contributed by atoms with E-state index in [0.717, 1.165) is 29.5 Å². The van der Waals surface area contributed by atoms with Crippen LogP contribution in [0.5, 0.6) is 5.75 Å². The number of ether oxygens (including phenoxy) is 1. The van der Waals surface area contributed by atoms with Crippen molar-refractivity contribution >= 4 is 22.8 Å². The van der Waals surface area contributed by atoms with Crippen LogP contribution < -0.4 is 15.8 Å². The van der Waals surface area contributed by atoms with Crippen molar-refractivity contribution in [2.45, 2.75) is 39.5 Å². The van der Waals surface area contributed by atoms with Crippen molar-refractivity contribution in [1.82, 2.24) is 5.32 Å². The molecule has 7 heteroatoms. The number of amides is 2. The van der Waals surface area contributed by atoms with Crippen molar-refractivity contribution in [3.63, 3.8) is 0 Å². The summed E-state index contributed by atoms with van der Waals surface area (Å²) in [7, 11) is 0. The summed E-state index contributed by atoms with van der Waals surface area (Å²) in [5.41, 5.74) is 9.50. The average Bonchev–Trinajstić information content (AvgIpc) is 3.24. The van der Waals surface area contributed by atoms with Crippen LogP contribution >= 0.6 is 0 Å². The molecule has 3 aromatic carbocycles. The van der Waals surface area contributed by atoms with Gasteiger partial charge in [-0.1, -0.05) is 38.5 Å². The number of primary amides is 1. The molecular formula is C32H33FN2O4. The molecule has 39 heavy (non-hydrogen) atoms. The second-order valence-corrected chi connectivity index (χ2v) is 10.7. The fourth-order valence-corrected chi connectivity index (χ4v) is 4.76. The molecule has 2 amide bonds. The van der Waals surface area contributed by atoms with Crippen LogP contribution in [0.3, 0.4) is 0 Å². The zero-order chi connectivity index (χ0) is 27.5. The fourth-order valence-electron chi connectivity index (χ4n) is 4.76. The molecule has 0 aliphatic heterocycles. The standard InChI is InChI=1S/C32H33FN2O4/c1-19(2)17-35-32(37)24-13-23(14-26(15-24)38-18-21-4-3-5-21)22-8-11-28-27(16-22)30(31(34)36)29(39-28)12-20-6-9-25(33)10-7-20/h6-11,13-16,19,21H,3-5,12,17-18H2,1-2H3,(H2,34,36)(H,35,37). The van der Waals surface area contributed by atoms with Gasteiger partial charge in [0.1, 0.15) is 22.9 Å². The molecule has 1 saturated carbocycles. The van der Waals surface area contributed by atoms with Gasteiger partial charge in [0.25, 0.3) is 11.8 Å². The zero-order valence-corrected chi connectivity index (χ0v) is 22.3. The van der Waals surface area contributed by atoms with Crippen LogP contribution in [0.2, 0.25) is 0 Å². The summed E-state index contributed by atoms with van der Waals surface area (Å²) in [6.07, 6.45) is 3.85. The molecule has 0 saturated heterocycles. The minimum absolute atomic E-state index is 0.164. The van der Waals surface area contributed by atoms with E-state index < -0.39 is 5.91 Å². The van der Waals surface area contributed by atoms with Gasteiger partial charge in [-0.2, -0.15) is 0 Å². The summed E-state index contributed by atoms with van der Waals surface area (Å²) < 4.78 is 25.5. The van der Waals surface area contributed by atoms with Crippen molar-refractivity contribution in [3.8, 4) is 16.9 Å². The first-order chi connectivity index (χ1) is 18.8. The average molecular weight is 529 g/mol. The summed E-state index contributed by atoms with van der Waals surface area (Å²) in [6, 6.07) is 17.1. The van der Waals surface area contributed by atoms with Gasteiger partial charge in [-0.3, -0.25) is 9.59 Å². The molecule has 0 spiro atoms. The predicted molar refractivity (Wildman–Crippen MR) is 149 cm³/mol. The van der Waals surface area contributed by atoms with E-state index in [1.807, 2.05) is 38.1 Å². The molecule has 0 radical (unpaired) electrons. The highest BCUT2D eigenvalue weighted by Gasteiger charge is 2.21. The Kier molecular flexibility index (Phi) is 7.68. The molecule has 1 aliphatic carbocycles. The third-order valence-corrected chi connectivity index (χ3v) is 7.17. The molecule has 1 fully saturated rings. The molecule has 3 N–H and O–H groups in total. The van der Waals surface area contributed by atoms with E-state index in [9.17, 15) is 14.0 Å². The first-order valence-corrected chi connectivity index (χ1v) is 13.4. The lowest BCUT2D eigenvalue weighted by Crippen LogP contribution is -2.27. The first kappa shape index (κ1) is 26.5. The Morgan fingerprint density at radius 2 is 1.82 bits per heavy atom. The normalized spacial score (nSPS) is 13.4. The van der Waals surface area contributed by atoms with Gasteiger partial charge in [-0.25, -0.2) is 4.39 Å². The molecule has 1 heterocycles. The van der Waals surface area contributed by atoms with Gasteiger partial charge < -0.3 is 20.2 Å². The van der Waals surface area contributed by atoms with E-state index >= 15 is 0 Å². The lowest BCUT2D eigenvalue weighted by Gasteiger charge is -2.25. The van der Waals surface area contributed by atoms with Crippen LogP contribution in [0.15, 0.2) is 65.1 Å². The number of nitrogens with one attached hydrogen (secondary N) is 1. The molecule has 202 valence electrons. The number of nitrogens with two attached hydrogens (primary N) is 1. The fraction of sp³-hybridized carbons (Fsp3) is 0.312. The lowest BCUT2D eigenvalue weighted by molar-refractivity contribution is 0.0947. The number of furan rings is 1. The van der Waals surface area contributed by atoms with Gasteiger partial charge in [0.15, 0.2) is 0 Å². The van der Waals surface area contributed by atoms with E-state index in [1.165, 1.54) is 18.6 Å². The summed E-state index contributed by atoms with van der Waals surface area (Å²) in [5, 5.41) is 3.57. The molecule has 6 nitrogen and oxygen atoms in total. The molecule has 4 aromatic rings. The minimum atomic E-state index is -0.602. The second kappa shape index (κ2) is 11.3. The molecular weight excluding hydrogens is 495 g/mol. The number of fused-ring (bicyclic) bond motifs is 1. The number of carbonyl (C=O) groups excluding carboxylic acids is 2. The van der Waals surface area contributed by atoms with Crippen LogP contribution in [-0.2, 0) is 6.42 Å². The Morgan fingerprint density at radius 3 is 2.49 bits per heavy atom. The quantitative estimate of drug-likeness (QED) is 0.246. The van der Waals surface area contributed by atoms with Crippen molar-refractivity contribution in [2.75, 3.05) is 13.2 Å². The van der Waals surface area contributed by atoms with Crippen LogP contribution in [-0.4, -0.2) is 25.0 Å². The Morgan fingerprint density at radius 1 is 1.05 bits per heavy atom. The molecule has 0 unspecified atom stereocenters. The highest BCUT2D eigenvalue weighted by molar-refractivity contribution is 6.07. The zero-order valence-electron chi connectivity index (χ0n) is 22.3. The Labute approximate surface area is 227 Å². The maximum atomic E-state index is 13.4. The predicted octanol–water partition coefficient (Wildman–Crippen LogP) is 6.49. The largest absolute Gasteiger partial charge is 0.493 e. The Bertz CT molecular complexity index is 1500. The minimum Gasteiger partial charge on any atom is -0.493 e. The number of benzene rings is 3. The maximum absolute atomic E-state index is 13.4. The summed E-state index contributed by atoms with van der Waals surface area (Å²) in [6.45, 7) is 5.28. The third kappa shape index (κ3) is 6.14. The smallest absolute Gasteiger partial charge is 0.252 e. The number of halogens is 1. The molecule has 0 bridgehead atoms. The maximum Gasteiger partial charge on any atom is 0.252 e. The van der Waals surface area contributed by atoms with Gasteiger partial charge >= 0.3 is 0 Å². The third-order valence-electron chi connectivity index (χ3n) is 7.17. The summed E-state index contributed by atoms with van der Waals surface area (Å²) in [5.74, 6) is 0.829. The summed E-state index contributed by atoms with van der Waals surface area (Å²) in [4.78, 5) is 25.5. The van der Waals surface area contributed by atoms with E-state index in [2.05, 4.69) is 5.32 Å². The van der Waals surface area contributed by atoms with Gasteiger partial charge in [-0.05, 0) is 83.8 Å². The van der Waals surface area contributed by atoms with Gasteiger partial charge in [0, 0.05) is 23.9 Å². The summed E-state index contributed by atoms with van der Waals surface area (Å²) >= 11 is 0. The van der Waals surface area contributed by atoms with Crippen LogP contribution in [0.4, 0.5) is 4.39 Å². The number of carbonyl (C=O) groups is 2. The Balaban J connectivity index is 1.52. The monoisotopic (exact) mass is 528 g/mol. The highest BCUT2D eigenvalue weighted by Crippen LogP contribution is 2.34. The van der Waals surface area contributed by atoms with E-state index in [-0.39, 0.29) is 11.7 Å². The van der Waals surface area contributed by atoms with Crippen molar-refractivity contribution < 1.29 is 23.1 Å². The van der Waals surface area contributed by atoms with Crippen LogP contribution in [0, 0.1) is 17.7 Å². The van der Waals surface area contributed by atoms with Crippen molar-refractivity contribution in [2.24, 2.45) is 17.6 Å². The SMILES string of the molecule is CC(C)CNC(=O)c1cc(OCC2CCC2)cc(-c2ccc3oc(Cc4ccc(F)cc4)c(C(N)=O)c3c2)c1. The van der Waals surface area contributed by atoms with E-state index in [4.69, 9.17) is 14.9 Å². The number of hydrogen-bond donors (Lipinski definition) is 2. The van der Waals surface area contributed by atoms with Gasteiger partial charge in [0.05, 0.1) is 12.2 Å². The van der Waals surface area contributed by atoms with Gasteiger partial charge in [0.2, 0.25) is 0 Å². The second-order valence-electron chi connectivity index (χ2n) is 10.7. The van der Waals surface area contributed by atoms with E-state index in [0.29, 0.717) is 65.0 Å². The molecule has 5 rings (SSSR count). The van der Waals surface area contributed by atoms with Crippen LogP contribution in [0.1, 0.15) is 65.1 Å². The van der Waals surface area contributed by atoms with Crippen LogP contribution in [0.25, 0.3) is 22.1 Å². The van der Waals surface area contributed by atoms with Crippen molar-refractivity contribution in [3.05, 3.63) is 88.9 Å². The molecule has 1 aromatic heterocycles. The van der Waals surface area contributed by atoms with E-state index in [1.54, 1.807) is 24.3 Å². The number of hydrogen-bond acceptors (Lipinski definition) is 4. The number of rotatable bonds is 10. The molecule has 0 atom stereocenters. The first-order valence-electron chi connectivity index (χ1n) is 13.4. The lowest BCUT2D eigenvalue weighted by atomic mass is 9.86. The Hall–Kier alpha value is -4.13. The molecule has 1 aliphatic rings. The van der Waals surface area contributed by atoms with Crippen molar-refractivity contribution in [1.29, 1.82) is 0 Å². The topological polar surface area (TPSA) is 94.6 Å². The van der Waals surface area contributed by atoms with Gasteiger partial charge in [-0.15, -0.1) is 0 Å². The highest BCUT2D eigenvalue weighted by atomic mass is 19.1.